The smallest absolute Gasteiger partial charge is 0.260 e. The molecule has 0 bridgehead atoms. The number of ether oxygens (including phenoxy) is 1. The normalized spacial score (nSPS) is 13.7. The van der Waals surface area contributed by atoms with Crippen molar-refractivity contribution in [2.75, 3.05) is 6.54 Å². The molecule has 112 valence electrons. The number of hydrogen-bond acceptors (Lipinski definition) is 3. The minimum Gasteiger partial charge on any atom is -0.480 e. The van der Waals surface area contributed by atoms with E-state index in [1.54, 1.807) is 6.92 Å². The Hall–Kier alpha value is -1.55. The Morgan fingerprint density at radius 2 is 1.85 bits per heavy atom. The molecule has 0 saturated carbocycles. The van der Waals surface area contributed by atoms with Crippen LogP contribution in [0.4, 0.5) is 0 Å². The summed E-state index contributed by atoms with van der Waals surface area (Å²) < 4.78 is 5.81. The lowest BCUT2D eigenvalue weighted by molar-refractivity contribution is -0.127. The van der Waals surface area contributed by atoms with Gasteiger partial charge in [0.2, 0.25) is 0 Å². The van der Waals surface area contributed by atoms with Crippen molar-refractivity contribution in [3.05, 3.63) is 28.8 Å². The fraction of sp³-hybridized carbons (Fsp3) is 0.562. The first kappa shape index (κ1) is 16.5. The second-order valence-electron chi connectivity index (χ2n) is 5.39. The Morgan fingerprint density at radius 3 is 2.30 bits per heavy atom. The van der Waals surface area contributed by atoms with Crippen molar-refractivity contribution in [2.24, 2.45) is 5.73 Å². The van der Waals surface area contributed by atoms with Crippen molar-refractivity contribution in [3.63, 3.8) is 0 Å². The van der Waals surface area contributed by atoms with Gasteiger partial charge in [0.05, 0.1) is 0 Å². The minimum atomic E-state index is -0.494. The number of rotatable bonds is 6. The van der Waals surface area contributed by atoms with E-state index in [2.05, 4.69) is 17.4 Å². The first-order valence-corrected chi connectivity index (χ1v) is 7.15. The van der Waals surface area contributed by atoms with Crippen LogP contribution in [0.5, 0.6) is 5.75 Å². The zero-order valence-electron chi connectivity index (χ0n) is 13.1. The van der Waals surface area contributed by atoms with E-state index in [9.17, 15) is 4.79 Å². The number of carbonyl (C=O) groups is 1. The Kier molecular flexibility index (Phi) is 6.02. The van der Waals surface area contributed by atoms with Crippen molar-refractivity contribution in [2.45, 2.75) is 53.2 Å². The molecule has 20 heavy (non-hydrogen) atoms. The van der Waals surface area contributed by atoms with Gasteiger partial charge in [-0.3, -0.25) is 4.79 Å². The van der Waals surface area contributed by atoms with Crippen molar-refractivity contribution in [1.82, 2.24) is 5.32 Å². The lowest BCUT2D eigenvalue weighted by atomic mass is 10.0. The van der Waals surface area contributed by atoms with E-state index in [4.69, 9.17) is 10.5 Å². The topological polar surface area (TPSA) is 64.3 Å². The molecule has 1 rings (SSSR count). The number of aryl methyl sites for hydroxylation is 2. The summed E-state index contributed by atoms with van der Waals surface area (Å²) in [6.07, 6.45) is 0.347. The summed E-state index contributed by atoms with van der Waals surface area (Å²) in [6, 6.07) is 4.29. The van der Waals surface area contributed by atoms with Crippen LogP contribution < -0.4 is 15.8 Å². The second-order valence-corrected chi connectivity index (χ2v) is 5.39. The molecule has 4 nitrogen and oxygen atoms in total. The first-order chi connectivity index (χ1) is 9.35. The van der Waals surface area contributed by atoms with Crippen LogP contribution in [0.1, 0.15) is 37.5 Å². The van der Waals surface area contributed by atoms with Gasteiger partial charge in [-0.15, -0.1) is 0 Å². The molecule has 0 aliphatic heterocycles. The molecule has 3 N–H and O–H groups in total. The molecule has 0 heterocycles. The third kappa shape index (κ3) is 4.53. The molecular weight excluding hydrogens is 252 g/mol. The van der Waals surface area contributed by atoms with Gasteiger partial charge in [0.15, 0.2) is 6.10 Å². The van der Waals surface area contributed by atoms with E-state index in [1.807, 2.05) is 27.7 Å². The van der Waals surface area contributed by atoms with Crippen LogP contribution in [-0.2, 0) is 11.2 Å². The highest BCUT2D eigenvalue weighted by Crippen LogP contribution is 2.26. The molecule has 1 amide bonds. The predicted octanol–water partition coefficient (Wildman–Crippen LogP) is 2.10. The van der Waals surface area contributed by atoms with Gasteiger partial charge in [-0.05, 0) is 57.7 Å². The highest BCUT2D eigenvalue weighted by atomic mass is 16.5. The van der Waals surface area contributed by atoms with Crippen LogP contribution in [-0.4, -0.2) is 24.6 Å². The number of benzene rings is 1. The molecule has 0 aliphatic rings. The van der Waals surface area contributed by atoms with E-state index in [0.29, 0.717) is 6.54 Å². The van der Waals surface area contributed by atoms with Gasteiger partial charge in [0.1, 0.15) is 5.75 Å². The highest BCUT2D eigenvalue weighted by Gasteiger charge is 2.16. The summed E-state index contributed by atoms with van der Waals surface area (Å²) >= 11 is 0. The molecule has 0 aliphatic carbocycles. The molecule has 0 aromatic heterocycles. The van der Waals surface area contributed by atoms with Crippen LogP contribution in [0.3, 0.4) is 0 Å². The Labute approximate surface area is 121 Å². The molecule has 0 radical (unpaired) electrons. The Bertz CT molecular complexity index is 447. The number of carbonyl (C=O) groups excluding carboxylic acids is 1. The summed E-state index contributed by atoms with van der Waals surface area (Å²) in [4.78, 5) is 11.7. The van der Waals surface area contributed by atoms with E-state index >= 15 is 0 Å². The van der Waals surface area contributed by atoms with Gasteiger partial charge in [-0.2, -0.15) is 0 Å². The van der Waals surface area contributed by atoms with Crippen LogP contribution >= 0.6 is 0 Å². The maximum atomic E-state index is 11.7. The SMILES string of the molecule is CCNC(=O)C(C)Oc1c(C)cc(CC(C)N)cc1C. The Morgan fingerprint density at radius 1 is 1.30 bits per heavy atom. The first-order valence-electron chi connectivity index (χ1n) is 7.15. The molecular formula is C16H26N2O2. The maximum absolute atomic E-state index is 11.7. The van der Waals surface area contributed by atoms with Crippen LogP contribution in [0.25, 0.3) is 0 Å². The third-order valence-corrected chi connectivity index (χ3v) is 3.09. The Balaban J connectivity index is 2.88. The number of nitrogens with one attached hydrogen (secondary N) is 1. The van der Waals surface area contributed by atoms with Gasteiger partial charge in [-0.25, -0.2) is 0 Å². The van der Waals surface area contributed by atoms with Crippen molar-refractivity contribution >= 4 is 5.91 Å². The number of amides is 1. The number of hydrogen-bond donors (Lipinski definition) is 2. The maximum Gasteiger partial charge on any atom is 0.260 e. The van der Waals surface area contributed by atoms with E-state index in [-0.39, 0.29) is 11.9 Å². The number of nitrogens with two attached hydrogens (primary N) is 1. The van der Waals surface area contributed by atoms with E-state index in [0.717, 1.165) is 23.3 Å². The molecule has 1 aromatic carbocycles. The van der Waals surface area contributed by atoms with Crippen molar-refractivity contribution < 1.29 is 9.53 Å². The van der Waals surface area contributed by atoms with Crippen molar-refractivity contribution in [3.8, 4) is 5.75 Å². The van der Waals surface area contributed by atoms with Gasteiger partial charge < -0.3 is 15.8 Å². The van der Waals surface area contributed by atoms with E-state index < -0.39 is 6.10 Å². The molecule has 4 heteroatoms. The lowest BCUT2D eigenvalue weighted by Gasteiger charge is -2.19. The predicted molar refractivity (Wildman–Crippen MR) is 82.0 cm³/mol. The summed E-state index contributed by atoms with van der Waals surface area (Å²) in [5.41, 5.74) is 9.11. The second kappa shape index (κ2) is 7.29. The summed E-state index contributed by atoms with van der Waals surface area (Å²) in [7, 11) is 0. The summed E-state index contributed by atoms with van der Waals surface area (Å²) in [5.74, 6) is 0.697. The summed E-state index contributed by atoms with van der Waals surface area (Å²) in [5, 5.41) is 2.76. The van der Waals surface area contributed by atoms with Crippen LogP contribution in [0, 0.1) is 13.8 Å². The standard InChI is InChI=1S/C16H26N2O2/c1-6-18-16(19)13(5)20-15-10(2)7-14(8-11(15)3)9-12(4)17/h7-8,12-13H,6,9,17H2,1-5H3,(H,18,19). The highest BCUT2D eigenvalue weighted by molar-refractivity contribution is 5.80. The van der Waals surface area contributed by atoms with Gasteiger partial charge in [0, 0.05) is 12.6 Å². The largest absolute Gasteiger partial charge is 0.480 e. The quantitative estimate of drug-likeness (QED) is 0.837. The van der Waals surface area contributed by atoms with Gasteiger partial charge in [-0.1, -0.05) is 12.1 Å². The molecule has 2 atom stereocenters. The fourth-order valence-corrected chi connectivity index (χ4v) is 2.26. The molecule has 0 spiro atoms. The molecule has 2 unspecified atom stereocenters. The van der Waals surface area contributed by atoms with Crippen molar-refractivity contribution in [1.29, 1.82) is 0 Å². The fourth-order valence-electron chi connectivity index (χ4n) is 2.26. The van der Waals surface area contributed by atoms with Crippen LogP contribution in [0.15, 0.2) is 12.1 Å². The third-order valence-electron chi connectivity index (χ3n) is 3.09. The molecule has 0 saturated heterocycles. The van der Waals surface area contributed by atoms with Gasteiger partial charge in [0.25, 0.3) is 5.91 Å². The monoisotopic (exact) mass is 278 g/mol. The van der Waals surface area contributed by atoms with Crippen LogP contribution in [0.2, 0.25) is 0 Å². The zero-order chi connectivity index (χ0) is 15.3. The number of likely N-dealkylation sites (N-methyl/N-ethyl adjacent to an activating group) is 1. The minimum absolute atomic E-state index is 0.0917. The molecule has 0 fully saturated rings. The zero-order valence-corrected chi connectivity index (χ0v) is 13.1. The lowest BCUT2D eigenvalue weighted by Crippen LogP contribution is -2.36. The summed E-state index contributed by atoms with van der Waals surface area (Å²) in [6.45, 7) is 10.3. The average molecular weight is 278 g/mol. The molecule has 1 aromatic rings. The average Bonchev–Trinajstić information content (AvgIpc) is 2.33. The van der Waals surface area contributed by atoms with E-state index in [1.165, 1.54) is 5.56 Å². The van der Waals surface area contributed by atoms with Gasteiger partial charge >= 0.3 is 0 Å².